The van der Waals surface area contributed by atoms with Gasteiger partial charge in [-0.15, -0.1) is 0 Å². The lowest BCUT2D eigenvalue weighted by Crippen LogP contribution is -2.21. The standard InChI is InChI=1S/C26H15N3O6/c30-25-21-3-1-2-4-22(21)26(31)24-15-20(13-14-23(24)25)27(16-5-9-18(10-6-16)28(32)33)17-7-11-19(12-8-17)29(34)35/h1-15H. The lowest BCUT2D eigenvalue weighted by atomic mass is 9.84. The number of benzene rings is 4. The molecule has 0 bridgehead atoms. The number of hydrogen-bond acceptors (Lipinski definition) is 7. The monoisotopic (exact) mass is 465 g/mol. The first-order valence-corrected chi connectivity index (χ1v) is 10.5. The van der Waals surface area contributed by atoms with E-state index in [4.69, 9.17) is 0 Å². The molecule has 9 heteroatoms. The number of nitro benzene ring substituents is 2. The number of carbonyl (C=O) groups excluding carboxylic acids is 2. The van der Waals surface area contributed by atoms with Gasteiger partial charge in [0.1, 0.15) is 0 Å². The predicted octanol–water partition coefficient (Wildman–Crippen LogP) is 5.75. The van der Waals surface area contributed by atoms with Crippen molar-refractivity contribution in [2.45, 2.75) is 0 Å². The first-order valence-electron chi connectivity index (χ1n) is 10.5. The highest BCUT2D eigenvalue weighted by atomic mass is 16.6. The van der Waals surface area contributed by atoms with Gasteiger partial charge in [-0.2, -0.15) is 0 Å². The van der Waals surface area contributed by atoms with Crippen LogP contribution in [0, 0.1) is 20.2 Å². The Labute approximate surface area is 198 Å². The second-order valence-corrected chi connectivity index (χ2v) is 7.82. The number of nitrogens with zero attached hydrogens (tertiary/aromatic N) is 3. The van der Waals surface area contributed by atoms with E-state index in [1.54, 1.807) is 71.6 Å². The molecule has 1 aliphatic carbocycles. The highest BCUT2D eigenvalue weighted by molar-refractivity contribution is 6.28. The summed E-state index contributed by atoms with van der Waals surface area (Å²) in [5, 5.41) is 22.2. The molecule has 0 heterocycles. The van der Waals surface area contributed by atoms with Crippen molar-refractivity contribution >= 4 is 40.0 Å². The number of carbonyl (C=O) groups is 2. The molecule has 0 fully saturated rings. The molecule has 0 atom stereocenters. The van der Waals surface area contributed by atoms with Gasteiger partial charge in [-0.3, -0.25) is 29.8 Å². The Morgan fingerprint density at radius 1 is 0.514 bits per heavy atom. The minimum atomic E-state index is -0.513. The van der Waals surface area contributed by atoms with E-state index in [0.717, 1.165) is 0 Å². The van der Waals surface area contributed by atoms with Crippen LogP contribution in [0.5, 0.6) is 0 Å². The fourth-order valence-corrected chi connectivity index (χ4v) is 4.12. The number of anilines is 3. The molecule has 4 aromatic rings. The van der Waals surface area contributed by atoms with E-state index in [1.807, 2.05) is 0 Å². The van der Waals surface area contributed by atoms with Gasteiger partial charge in [0.05, 0.1) is 9.85 Å². The van der Waals surface area contributed by atoms with Gasteiger partial charge in [0.25, 0.3) is 11.4 Å². The maximum absolute atomic E-state index is 13.2. The number of rotatable bonds is 5. The lowest BCUT2D eigenvalue weighted by Gasteiger charge is -2.27. The van der Waals surface area contributed by atoms with Crippen LogP contribution in [0.2, 0.25) is 0 Å². The molecule has 5 rings (SSSR count). The number of hydrogen-bond donors (Lipinski definition) is 0. The molecule has 9 nitrogen and oxygen atoms in total. The van der Waals surface area contributed by atoms with Gasteiger partial charge in [0.15, 0.2) is 11.6 Å². The summed E-state index contributed by atoms with van der Waals surface area (Å²) in [4.78, 5) is 49.1. The summed E-state index contributed by atoms with van der Waals surface area (Å²) in [6.45, 7) is 0. The van der Waals surface area contributed by atoms with E-state index in [0.29, 0.717) is 28.2 Å². The molecule has 0 N–H and O–H groups in total. The second-order valence-electron chi connectivity index (χ2n) is 7.82. The van der Waals surface area contributed by atoms with Crippen LogP contribution in [0.15, 0.2) is 91.0 Å². The third-order valence-electron chi connectivity index (χ3n) is 5.80. The molecule has 0 saturated heterocycles. The summed E-state index contributed by atoms with van der Waals surface area (Å²) in [6, 6.07) is 23.0. The Morgan fingerprint density at radius 3 is 1.37 bits per heavy atom. The Kier molecular flexibility index (Phi) is 5.14. The normalized spacial score (nSPS) is 12.0. The first-order chi connectivity index (χ1) is 16.8. The van der Waals surface area contributed by atoms with Gasteiger partial charge in [0, 0.05) is 63.6 Å². The molecule has 0 radical (unpaired) electrons. The van der Waals surface area contributed by atoms with Crippen LogP contribution in [-0.4, -0.2) is 21.4 Å². The van der Waals surface area contributed by atoms with Gasteiger partial charge < -0.3 is 4.90 Å². The molecule has 0 unspecified atom stereocenters. The molecule has 0 aromatic heterocycles. The van der Waals surface area contributed by atoms with Crippen molar-refractivity contribution in [3.63, 3.8) is 0 Å². The summed E-state index contributed by atoms with van der Waals surface area (Å²) in [7, 11) is 0. The summed E-state index contributed by atoms with van der Waals surface area (Å²) in [5.41, 5.74) is 2.55. The van der Waals surface area contributed by atoms with Crippen LogP contribution >= 0.6 is 0 Å². The largest absolute Gasteiger partial charge is 0.310 e. The maximum Gasteiger partial charge on any atom is 0.269 e. The minimum Gasteiger partial charge on any atom is -0.310 e. The van der Waals surface area contributed by atoms with Crippen LogP contribution in [0.4, 0.5) is 28.4 Å². The molecule has 1 aliphatic rings. The van der Waals surface area contributed by atoms with Crippen molar-refractivity contribution in [3.8, 4) is 0 Å². The molecule has 0 amide bonds. The Bertz CT molecular complexity index is 1470. The summed E-state index contributed by atoms with van der Waals surface area (Å²) < 4.78 is 0. The van der Waals surface area contributed by atoms with E-state index in [-0.39, 0.29) is 34.1 Å². The number of fused-ring (bicyclic) bond motifs is 2. The first kappa shape index (κ1) is 21.7. The fourth-order valence-electron chi connectivity index (χ4n) is 4.12. The van der Waals surface area contributed by atoms with Gasteiger partial charge in [0.2, 0.25) is 0 Å². The van der Waals surface area contributed by atoms with Crippen molar-refractivity contribution < 1.29 is 19.4 Å². The zero-order chi connectivity index (χ0) is 24.7. The Balaban J connectivity index is 1.65. The quantitative estimate of drug-likeness (QED) is 0.239. The van der Waals surface area contributed by atoms with Gasteiger partial charge >= 0.3 is 0 Å². The van der Waals surface area contributed by atoms with Crippen molar-refractivity contribution in [3.05, 3.63) is 133 Å². The highest BCUT2D eigenvalue weighted by Gasteiger charge is 2.30. The average Bonchev–Trinajstić information content (AvgIpc) is 2.88. The summed E-state index contributed by atoms with van der Waals surface area (Å²) in [6.07, 6.45) is 0. The van der Waals surface area contributed by atoms with Gasteiger partial charge in [-0.25, -0.2) is 0 Å². The van der Waals surface area contributed by atoms with E-state index >= 15 is 0 Å². The minimum absolute atomic E-state index is 0.0970. The van der Waals surface area contributed by atoms with Crippen molar-refractivity contribution in [2.75, 3.05) is 4.90 Å². The zero-order valence-electron chi connectivity index (χ0n) is 18.0. The third-order valence-corrected chi connectivity index (χ3v) is 5.80. The van der Waals surface area contributed by atoms with E-state index < -0.39 is 9.85 Å². The maximum atomic E-state index is 13.2. The van der Waals surface area contributed by atoms with Gasteiger partial charge in [-0.1, -0.05) is 24.3 Å². The number of non-ortho nitro benzene ring substituents is 2. The number of nitro groups is 2. The number of ketones is 2. The lowest BCUT2D eigenvalue weighted by molar-refractivity contribution is -0.385. The molecular weight excluding hydrogens is 450 g/mol. The molecule has 35 heavy (non-hydrogen) atoms. The fraction of sp³-hybridized carbons (Fsp3) is 0. The third kappa shape index (κ3) is 3.70. The van der Waals surface area contributed by atoms with E-state index in [1.165, 1.54) is 24.3 Å². The molecule has 0 spiro atoms. The molecule has 0 aliphatic heterocycles. The Morgan fingerprint density at radius 2 is 0.914 bits per heavy atom. The van der Waals surface area contributed by atoms with E-state index in [2.05, 4.69) is 0 Å². The smallest absolute Gasteiger partial charge is 0.269 e. The molecule has 170 valence electrons. The van der Waals surface area contributed by atoms with Crippen molar-refractivity contribution in [1.82, 2.24) is 0 Å². The predicted molar refractivity (Wildman–Crippen MR) is 128 cm³/mol. The average molecular weight is 465 g/mol. The molecular formula is C26H15N3O6. The van der Waals surface area contributed by atoms with Crippen LogP contribution in [0.25, 0.3) is 0 Å². The summed E-state index contributed by atoms with van der Waals surface area (Å²) in [5.74, 6) is -0.539. The van der Waals surface area contributed by atoms with Crippen molar-refractivity contribution in [1.29, 1.82) is 0 Å². The van der Waals surface area contributed by atoms with Gasteiger partial charge in [-0.05, 0) is 42.5 Å². The topological polar surface area (TPSA) is 124 Å². The SMILES string of the molecule is O=C1c2ccccc2C(=O)c2cc(N(c3ccc([N+](=O)[O-])cc3)c3ccc([N+](=O)[O-])cc3)ccc21. The van der Waals surface area contributed by atoms with Crippen molar-refractivity contribution in [2.24, 2.45) is 0 Å². The van der Waals surface area contributed by atoms with Crippen LogP contribution in [0.3, 0.4) is 0 Å². The van der Waals surface area contributed by atoms with Crippen LogP contribution in [-0.2, 0) is 0 Å². The van der Waals surface area contributed by atoms with Crippen LogP contribution in [0.1, 0.15) is 31.8 Å². The summed E-state index contributed by atoms with van der Waals surface area (Å²) >= 11 is 0. The highest BCUT2D eigenvalue weighted by Crippen LogP contribution is 2.38. The molecule has 0 saturated carbocycles. The Hall–Kier alpha value is -5.18. The van der Waals surface area contributed by atoms with Crippen LogP contribution < -0.4 is 4.90 Å². The second kappa shape index (κ2) is 8.31. The molecule has 4 aromatic carbocycles. The zero-order valence-corrected chi connectivity index (χ0v) is 18.0. The van der Waals surface area contributed by atoms with E-state index in [9.17, 15) is 29.8 Å².